The number of nitrogen functional groups attached to an aromatic ring is 1. The third-order valence-electron chi connectivity index (χ3n) is 3.51. The van der Waals surface area contributed by atoms with E-state index in [-0.39, 0.29) is 5.91 Å². The van der Waals surface area contributed by atoms with Gasteiger partial charge in [-0.2, -0.15) is 0 Å². The zero-order valence-corrected chi connectivity index (χ0v) is 12.8. The summed E-state index contributed by atoms with van der Waals surface area (Å²) in [4.78, 5) is 22.4. The molecule has 114 valence electrons. The molecule has 0 fully saturated rings. The molecule has 0 saturated carbocycles. The van der Waals surface area contributed by atoms with Gasteiger partial charge in [0, 0.05) is 11.3 Å². The summed E-state index contributed by atoms with van der Waals surface area (Å²) in [6.45, 7) is 0. The molecule has 1 amide bonds. The molecule has 0 unspecified atom stereocenters. The van der Waals surface area contributed by atoms with Crippen molar-refractivity contribution in [1.82, 2.24) is 15.0 Å². The fourth-order valence-electron chi connectivity index (χ4n) is 2.42. The number of carbonyl (C=O) groups excluding carboxylic acids is 1. The predicted molar refractivity (Wildman–Crippen MR) is 92.6 cm³/mol. The third-order valence-corrected chi connectivity index (χ3v) is 4.38. The van der Waals surface area contributed by atoms with E-state index in [2.05, 4.69) is 20.3 Å². The van der Waals surface area contributed by atoms with Crippen LogP contribution in [-0.4, -0.2) is 20.9 Å². The molecule has 7 heteroatoms. The van der Waals surface area contributed by atoms with E-state index in [9.17, 15) is 4.79 Å². The first-order valence-corrected chi connectivity index (χ1v) is 7.85. The molecule has 0 bridgehead atoms. The van der Waals surface area contributed by atoms with Crippen molar-refractivity contribution in [1.29, 1.82) is 0 Å². The molecule has 1 aromatic carbocycles. The van der Waals surface area contributed by atoms with Gasteiger partial charge in [-0.05, 0) is 29.6 Å². The highest BCUT2D eigenvalue weighted by Gasteiger charge is 2.11. The van der Waals surface area contributed by atoms with E-state index in [1.165, 1.54) is 0 Å². The Balaban J connectivity index is 1.58. The number of carbonyl (C=O) groups is 1. The van der Waals surface area contributed by atoms with E-state index in [0.717, 1.165) is 21.5 Å². The smallest absolute Gasteiger partial charge is 0.272 e. The predicted octanol–water partition coefficient (Wildman–Crippen LogP) is 3.45. The van der Waals surface area contributed by atoms with Crippen LogP contribution in [0.5, 0.6) is 0 Å². The van der Waals surface area contributed by atoms with Gasteiger partial charge in [-0.3, -0.25) is 4.79 Å². The van der Waals surface area contributed by atoms with Crippen LogP contribution in [0.3, 0.4) is 0 Å². The van der Waals surface area contributed by atoms with Crippen LogP contribution in [0, 0.1) is 0 Å². The molecule has 5 N–H and O–H groups in total. The number of nitrogens with one attached hydrogen (secondary N) is 3. The number of imidazole rings is 1. The van der Waals surface area contributed by atoms with Crippen molar-refractivity contribution in [2.24, 2.45) is 0 Å². The van der Waals surface area contributed by atoms with Gasteiger partial charge >= 0.3 is 0 Å². The number of aromatic nitrogens is 3. The lowest BCUT2D eigenvalue weighted by molar-refractivity contribution is 0.102. The molecule has 0 spiro atoms. The first-order valence-electron chi connectivity index (χ1n) is 6.97. The van der Waals surface area contributed by atoms with Gasteiger partial charge in [0.2, 0.25) is 0 Å². The van der Waals surface area contributed by atoms with E-state index >= 15 is 0 Å². The topological polar surface area (TPSA) is 99.6 Å². The molecule has 6 nitrogen and oxygen atoms in total. The molecule has 0 atom stereocenters. The highest BCUT2D eigenvalue weighted by atomic mass is 32.1. The molecule has 0 aliphatic rings. The molecule has 3 aromatic heterocycles. The number of thiophene rings is 1. The fraction of sp³-hybridized carbons (Fsp3) is 0. The van der Waals surface area contributed by atoms with Gasteiger partial charge in [0.25, 0.3) is 5.91 Å². The van der Waals surface area contributed by atoms with Gasteiger partial charge in [0.1, 0.15) is 5.69 Å². The number of fused-ring (bicyclic) bond motifs is 1. The molecular formula is C16H13N5OS. The molecule has 23 heavy (non-hydrogen) atoms. The van der Waals surface area contributed by atoms with Crippen LogP contribution in [0.2, 0.25) is 0 Å². The Labute approximate surface area is 135 Å². The first-order chi connectivity index (χ1) is 11.2. The van der Waals surface area contributed by atoms with Gasteiger partial charge in [0.15, 0.2) is 5.95 Å². The minimum atomic E-state index is -0.172. The van der Waals surface area contributed by atoms with Crippen LogP contribution in [0.4, 0.5) is 11.6 Å². The summed E-state index contributed by atoms with van der Waals surface area (Å²) in [7, 11) is 0. The lowest BCUT2D eigenvalue weighted by atomic mass is 10.1. The number of hydrogen-bond donors (Lipinski definition) is 4. The van der Waals surface area contributed by atoms with E-state index in [4.69, 9.17) is 5.73 Å². The molecule has 4 rings (SSSR count). The fourth-order valence-corrected chi connectivity index (χ4v) is 3.20. The number of nitrogens with two attached hydrogens (primary N) is 1. The minimum Gasteiger partial charge on any atom is -0.369 e. The van der Waals surface area contributed by atoms with Gasteiger partial charge in [0.05, 0.1) is 22.1 Å². The second kappa shape index (κ2) is 5.29. The van der Waals surface area contributed by atoms with Gasteiger partial charge in [-0.25, -0.2) is 4.98 Å². The molecule has 3 heterocycles. The normalized spacial score (nSPS) is 11.0. The summed E-state index contributed by atoms with van der Waals surface area (Å²) in [5.41, 5.74) is 9.53. The molecule has 0 aliphatic carbocycles. The average Bonchev–Trinajstić information content (AvgIpc) is 3.22. The number of anilines is 2. The highest BCUT2D eigenvalue weighted by molar-refractivity contribution is 7.17. The monoisotopic (exact) mass is 323 g/mol. The maximum absolute atomic E-state index is 12.4. The van der Waals surface area contributed by atoms with Crippen LogP contribution in [0.15, 0.2) is 48.0 Å². The van der Waals surface area contributed by atoms with Crippen molar-refractivity contribution >= 4 is 39.1 Å². The van der Waals surface area contributed by atoms with Gasteiger partial charge in [-0.1, -0.05) is 12.1 Å². The van der Waals surface area contributed by atoms with E-state index < -0.39 is 0 Å². The van der Waals surface area contributed by atoms with Crippen molar-refractivity contribution in [3.05, 3.63) is 53.7 Å². The second-order valence-corrected chi connectivity index (χ2v) is 6.05. The number of H-pyrrole nitrogens is 2. The van der Waals surface area contributed by atoms with Crippen LogP contribution in [0.1, 0.15) is 10.5 Å². The molecule has 0 radical (unpaired) electrons. The Bertz CT molecular complexity index is 968. The van der Waals surface area contributed by atoms with Crippen LogP contribution >= 0.6 is 11.3 Å². The number of aromatic amines is 2. The minimum absolute atomic E-state index is 0.172. The largest absolute Gasteiger partial charge is 0.369 e. The van der Waals surface area contributed by atoms with E-state index in [0.29, 0.717) is 17.3 Å². The number of rotatable bonds is 3. The molecular weight excluding hydrogens is 310 g/mol. The zero-order chi connectivity index (χ0) is 15.8. The summed E-state index contributed by atoms with van der Waals surface area (Å²) in [6, 6.07) is 11.3. The van der Waals surface area contributed by atoms with Crippen molar-refractivity contribution < 1.29 is 4.79 Å². The van der Waals surface area contributed by atoms with Crippen molar-refractivity contribution in [3.8, 4) is 11.3 Å². The van der Waals surface area contributed by atoms with E-state index in [1.807, 2.05) is 41.8 Å². The maximum atomic E-state index is 12.4. The number of nitrogens with zero attached hydrogens (tertiary/aromatic N) is 1. The Kier molecular flexibility index (Phi) is 3.13. The standard InChI is InChI=1S/C16H13N5OS/c17-16-18-8-13(21-16)9-2-1-3-10(6-9)19-15(22)12-7-14-11(20-12)4-5-23-14/h1-8,20H,(H,19,22)(H3,17,18,21). The zero-order valence-electron chi connectivity index (χ0n) is 12.0. The Morgan fingerprint density at radius 2 is 2.13 bits per heavy atom. The molecule has 0 aliphatic heterocycles. The SMILES string of the molecule is Nc1ncc(-c2cccc(NC(=O)c3cc4sccc4[nH]3)c2)[nH]1. The number of amides is 1. The van der Waals surface area contributed by atoms with Crippen molar-refractivity contribution in [3.63, 3.8) is 0 Å². The van der Waals surface area contributed by atoms with Crippen LogP contribution < -0.4 is 11.1 Å². The summed E-state index contributed by atoms with van der Waals surface area (Å²) < 4.78 is 1.07. The summed E-state index contributed by atoms with van der Waals surface area (Å²) in [5, 5.41) is 4.88. The molecule has 4 aromatic rings. The Hall–Kier alpha value is -3.06. The van der Waals surface area contributed by atoms with Gasteiger partial charge < -0.3 is 21.0 Å². The highest BCUT2D eigenvalue weighted by Crippen LogP contribution is 2.24. The average molecular weight is 323 g/mol. The lowest BCUT2D eigenvalue weighted by Crippen LogP contribution is -2.12. The summed E-state index contributed by atoms with van der Waals surface area (Å²) in [6.07, 6.45) is 1.66. The van der Waals surface area contributed by atoms with E-state index in [1.54, 1.807) is 17.5 Å². The summed E-state index contributed by atoms with van der Waals surface area (Å²) >= 11 is 1.60. The second-order valence-electron chi connectivity index (χ2n) is 5.10. The van der Waals surface area contributed by atoms with Crippen LogP contribution in [-0.2, 0) is 0 Å². The lowest BCUT2D eigenvalue weighted by Gasteiger charge is -2.05. The number of hydrogen-bond acceptors (Lipinski definition) is 4. The first kappa shape index (κ1) is 13.6. The Morgan fingerprint density at radius 1 is 1.22 bits per heavy atom. The quantitative estimate of drug-likeness (QED) is 0.464. The third kappa shape index (κ3) is 2.58. The Morgan fingerprint density at radius 3 is 2.91 bits per heavy atom. The van der Waals surface area contributed by atoms with Gasteiger partial charge in [-0.15, -0.1) is 11.3 Å². The maximum Gasteiger partial charge on any atom is 0.272 e. The van der Waals surface area contributed by atoms with Crippen molar-refractivity contribution in [2.75, 3.05) is 11.1 Å². The summed E-state index contributed by atoms with van der Waals surface area (Å²) in [5.74, 6) is 0.190. The molecule has 0 saturated heterocycles. The number of benzene rings is 1. The van der Waals surface area contributed by atoms with Crippen LogP contribution in [0.25, 0.3) is 21.5 Å². The van der Waals surface area contributed by atoms with Crippen molar-refractivity contribution in [2.45, 2.75) is 0 Å².